The molecule has 0 aliphatic heterocycles. The molecule has 0 bridgehead atoms. The second-order valence-corrected chi connectivity index (χ2v) is 5.06. The number of aromatic nitrogens is 2. The molecule has 102 valence electrons. The maximum Gasteiger partial charge on any atom is 0.147 e. The Hall–Kier alpha value is -1.52. The summed E-state index contributed by atoms with van der Waals surface area (Å²) in [6, 6.07) is 8.13. The Kier molecular flexibility index (Phi) is 4.45. The highest BCUT2D eigenvalue weighted by Gasteiger charge is 2.05. The topological polar surface area (TPSA) is 53.1 Å². The molecule has 5 heteroatoms. The van der Waals surface area contributed by atoms with Crippen LogP contribution < -0.4 is 10.5 Å². The molecule has 0 spiro atoms. The van der Waals surface area contributed by atoms with Crippen molar-refractivity contribution in [3.63, 3.8) is 0 Å². The quantitative estimate of drug-likeness (QED) is 0.915. The minimum Gasteiger partial charge on any atom is -0.486 e. The Morgan fingerprint density at radius 3 is 2.58 bits per heavy atom. The minimum atomic E-state index is 0.168. The first-order valence-corrected chi connectivity index (χ1v) is 6.57. The highest BCUT2D eigenvalue weighted by molar-refractivity contribution is 6.29. The van der Waals surface area contributed by atoms with Crippen LogP contribution >= 0.6 is 11.6 Å². The lowest BCUT2D eigenvalue weighted by Crippen LogP contribution is -2.17. The summed E-state index contributed by atoms with van der Waals surface area (Å²) >= 11 is 5.91. The zero-order chi connectivity index (χ0) is 13.8. The Morgan fingerprint density at radius 2 is 2.05 bits per heavy atom. The van der Waals surface area contributed by atoms with Gasteiger partial charge in [0.1, 0.15) is 23.3 Å². The molecule has 0 aliphatic rings. The molecule has 0 saturated carbocycles. The third kappa shape index (κ3) is 3.72. The molecule has 4 nitrogen and oxygen atoms in total. The van der Waals surface area contributed by atoms with E-state index in [-0.39, 0.29) is 6.04 Å². The molecular formula is C14H18ClN3O. The Morgan fingerprint density at radius 1 is 1.37 bits per heavy atom. The van der Waals surface area contributed by atoms with Crippen molar-refractivity contribution in [2.75, 3.05) is 0 Å². The van der Waals surface area contributed by atoms with Crippen LogP contribution in [0.2, 0.25) is 5.15 Å². The fourth-order valence-electron chi connectivity index (χ4n) is 1.80. The highest BCUT2D eigenvalue weighted by atomic mass is 35.5. The van der Waals surface area contributed by atoms with Crippen LogP contribution in [0.5, 0.6) is 5.75 Å². The summed E-state index contributed by atoms with van der Waals surface area (Å²) in [6.07, 6.45) is 2.49. The molecule has 1 heterocycles. The number of nitrogens with two attached hydrogens (primary N) is 1. The van der Waals surface area contributed by atoms with Crippen LogP contribution in [0.3, 0.4) is 0 Å². The maximum atomic E-state index is 5.91. The van der Waals surface area contributed by atoms with Gasteiger partial charge in [-0.1, -0.05) is 23.7 Å². The van der Waals surface area contributed by atoms with Gasteiger partial charge >= 0.3 is 0 Å². The molecule has 0 saturated heterocycles. The monoisotopic (exact) mass is 279 g/mol. The number of nitrogens with zero attached hydrogens (tertiary/aromatic N) is 2. The lowest BCUT2D eigenvalue weighted by Gasteiger charge is -2.08. The summed E-state index contributed by atoms with van der Waals surface area (Å²) in [5.74, 6) is 1.61. The number of rotatable bonds is 5. The predicted molar refractivity (Wildman–Crippen MR) is 76.3 cm³/mol. The largest absolute Gasteiger partial charge is 0.486 e. The van der Waals surface area contributed by atoms with Crippen LogP contribution in [0, 0.1) is 0 Å². The number of hydrogen-bond acceptors (Lipinski definition) is 3. The van der Waals surface area contributed by atoms with Gasteiger partial charge in [0.2, 0.25) is 0 Å². The summed E-state index contributed by atoms with van der Waals surface area (Å²) in [5, 5.41) is 0.603. The standard InChI is InChI=1S/C14H18ClN3O/c1-10(16)7-11-3-5-12(6-4-11)19-9-14-17-8-13(15)18(14)2/h3-6,8,10H,7,9,16H2,1-2H3. The van der Waals surface area contributed by atoms with Crippen LogP contribution in [0.4, 0.5) is 0 Å². The summed E-state index contributed by atoms with van der Waals surface area (Å²) in [6.45, 7) is 2.39. The summed E-state index contributed by atoms with van der Waals surface area (Å²) in [7, 11) is 1.86. The number of hydrogen-bond donors (Lipinski definition) is 1. The zero-order valence-electron chi connectivity index (χ0n) is 11.1. The fraction of sp³-hybridized carbons (Fsp3) is 0.357. The molecule has 19 heavy (non-hydrogen) atoms. The molecule has 2 rings (SSSR count). The van der Waals surface area contributed by atoms with Crippen LogP contribution in [0.1, 0.15) is 18.3 Å². The van der Waals surface area contributed by atoms with Crippen molar-refractivity contribution in [1.29, 1.82) is 0 Å². The SMILES string of the molecule is CC(N)Cc1ccc(OCc2ncc(Cl)n2C)cc1. The molecule has 1 aromatic carbocycles. The average molecular weight is 280 g/mol. The highest BCUT2D eigenvalue weighted by Crippen LogP contribution is 2.16. The van der Waals surface area contributed by atoms with Crippen molar-refractivity contribution in [3.05, 3.63) is 47.0 Å². The number of imidazole rings is 1. The first kappa shape index (κ1) is 13.9. The van der Waals surface area contributed by atoms with Gasteiger partial charge in [-0.05, 0) is 31.0 Å². The first-order valence-electron chi connectivity index (χ1n) is 6.19. The van der Waals surface area contributed by atoms with E-state index >= 15 is 0 Å². The van der Waals surface area contributed by atoms with Gasteiger partial charge in [-0.2, -0.15) is 0 Å². The molecule has 2 N–H and O–H groups in total. The lowest BCUT2D eigenvalue weighted by molar-refractivity contribution is 0.292. The second kappa shape index (κ2) is 6.08. The van der Waals surface area contributed by atoms with Gasteiger partial charge in [0.25, 0.3) is 0 Å². The average Bonchev–Trinajstić information content (AvgIpc) is 2.69. The summed E-state index contributed by atoms with van der Waals surface area (Å²) < 4.78 is 7.47. The van der Waals surface area contributed by atoms with Crippen LogP contribution in [0.25, 0.3) is 0 Å². The molecule has 0 radical (unpaired) electrons. The third-order valence-corrected chi connectivity index (χ3v) is 3.23. The van der Waals surface area contributed by atoms with Gasteiger partial charge < -0.3 is 15.0 Å². The molecule has 1 aromatic heterocycles. The Labute approximate surface area is 118 Å². The van der Waals surface area contributed by atoms with E-state index in [0.717, 1.165) is 18.0 Å². The zero-order valence-corrected chi connectivity index (χ0v) is 11.9. The van der Waals surface area contributed by atoms with Crippen molar-refractivity contribution < 1.29 is 4.74 Å². The van der Waals surface area contributed by atoms with Gasteiger partial charge in [-0.15, -0.1) is 0 Å². The summed E-state index contributed by atoms with van der Waals surface area (Å²) in [5.41, 5.74) is 6.97. The molecule has 0 fully saturated rings. The minimum absolute atomic E-state index is 0.168. The van der Waals surface area contributed by atoms with Gasteiger partial charge in [-0.25, -0.2) is 4.98 Å². The van der Waals surface area contributed by atoms with E-state index in [1.54, 1.807) is 10.8 Å². The van der Waals surface area contributed by atoms with Crippen molar-refractivity contribution in [2.45, 2.75) is 26.0 Å². The van der Waals surface area contributed by atoms with E-state index in [4.69, 9.17) is 22.1 Å². The number of halogens is 1. The van der Waals surface area contributed by atoms with Gasteiger partial charge in [-0.3, -0.25) is 0 Å². The van der Waals surface area contributed by atoms with Crippen molar-refractivity contribution in [1.82, 2.24) is 9.55 Å². The van der Waals surface area contributed by atoms with Crippen LogP contribution in [0.15, 0.2) is 30.5 Å². The van der Waals surface area contributed by atoms with Crippen molar-refractivity contribution >= 4 is 11.6 Å². The molecule has 0 aliphatic carbocycles. The van der Waals surface area contributed by atoms with E-state index < -0.39 is 0 Å². The van der Waals surface area contributed by atoms with E-state index in [1.807, 2.05) is 38.2 Å². The molecule has 2 aromatic rings. The Bertz CT molecular complexity index is 534. The predicted octanol–water partition coefficient (Wildman–Crippen LogP) is 2.54. The van der Waals surface area contributed by atoms with Crippen LogP contribution in [-0.2, 0) is 20.1 Å². The number of benzene rings is 1. The van der Waals surface area contributed by atoms with E-state index in [0.29, 0.717) is 11.8 Å². The van der Waals surface area contributed by atoms with E-state index in [1.165, 1.54) is 5.56 Å². The maximum absolute atomic E-state index is 5.91. The van der Waals surface area contributed by atoms with E-state index in [2.05, 4.69) is 4.98 Å². The first-order chi connectivity index (χ1) is 9.06. The fourth-order valence-corrected chi connectivity index (χ4v) is 1.95. The second-order valence-electron chi connectivity index (χ2n) is 4.67. The van der Waals surface area contributed by atoms with Gasteiger partial charge in [0.05, 0.1) is 6.20 Å². The normalized spacial score (nSPS) is 12.4. The van der Waals surface area contributed by atoms with Gasteiger partial charge in [0, 0.05) is 13.1 Å². The molecule has 1 unspecified atom stereocenters. The lowest BCUT2D eigenvalue weighted by atomic mass is 10.1. The smallest absolute Gasteiger partial charge is 0.147 e. The van der Waals surface area contributed by atoms with Gasteiger partial charge in [0.15, 0.2) is 0 Å². The number of ether oxygens (including phenoxy) is 1. The van der Waals surface area contributed by atoms with Crippen LogP contribution in [-0.4, -0.2) is 15.6 Å². The third-order valence-electron chi connectivity index (χ3n) is 2.88. The van der Waals surface area contributed by atoms with Crippen molar-refractivity contribution in [2.24, 2.45) is 12.8 Å². The molecule has 1 atom stereocenters. The molecular weight excluding hydrogens is 262 g/mol. The Balaban J connectivity index is 1.95. The summed E-state index contributed by atoms with van der Waals surface area (Å²) in [4.78, 5) is 4.18. The molecule has 0 amide bonds. The van der Waals surface area contributed by atoms with Crippen molar-refractivity contribution in [3.8, 4) is 5.75 Å². The van der Waals surface area contributed by atoms with E-state index in [9.17, 15) is 0 Å².